The minimum absolute atomic E-state index is 0.810. The molecule has 0 aromatic rings. The number of carbonyl (C=O) groups is 3. The van der Waals surface area contributed by atoms with Gasteiger partial charge in [-0.2, -0.15) is 0 Å². The van der Waals surface area contributed by atoms with E-state index in [1.54, 1.807) is 0 Å². The molecule has 2 amide bonds. The Morgan fingerprint density at radius 2 is 0.967 bits per heavy atom. The summed E-state index contributed by atoms with van der Waals surface area (Å²) in [6, 6.07) is -3.49. The van der Waals surface area contributed by atoms with Crippen molar-refractivity contribution < 1.29 is 123 Å². The lowest BCUT2D eigenvalue weighted by atomic mass is 9.93. The lowest BCUT2D eigenvalue weighted by Gasteiger charge is -2.52. The van der Waals surface area contributed by atoms with Crippen LogP contribution in [0.4, 0.5) is 0 Å². The quantitative estimate of drug-likeness (QED) is 0.108. The maximum Gasteiger partial charge on any atom is 0.335 e. The molecule has 27 heteroatoms. The fourth-order valence-corrected chi connectivity index (χ4v) is 8.14. The normalized spacial score (nSPS) is 50.6. The maximum absolute atomic E-state index is 12.9. The van der Waals surface area contributed by atoms with Crippen LogP contribution in [0, 0.1) is 0 Å². The summed E-state index contributed by atoms with van der Waals surface area (Å²) in [5.41, 5.74) is 0. The molecular weight excluding hydrogens is 836 g/mol. The van der Waals surface area contributed by atoms with E-state index in [9.17, 15) is 75.7 Å². The Hall–Kier alpha value is -2.43. The molecule has 7 rings (SSSR count). The number of ether oxygens (including phenoxy) is 10. The molecule has 0 spiro atoms. The first-order valence-electron chi connectivity index (χ1n) is 19.4. The lowest BCUT2D eigenvalue weighted by molar-refractivity contribution is -0.379. The zero-order valence-corrected chi connectivity index (χ0v) is 32.7. The molecular formula is C34H54N2O25. The summed E-state index contributed by atoms with van der Waals surface area (Å²) in [4.78, 5) is 38.4. The van der Waals surface area contributed by atoms with Crippen molar-refractivity contribution in [3.63, 3.8) is 0 Å². The van der Waals surface area contributed by atoms with Gasteiger partial charge in [0.25, 0.3) is 0 Å². The molecule has 61 heavy (non-hydrogen) atoms. The number of rotatable bonds is 8. The molecule has 7 aliphatic rings. The summed E-state index contributed by atoms with van der Waals surface area (Å²) in [6.07, 6.45) is -44.1. The number of carbonyl (C=O) groups excluding carboxylic acids is 2. The molecule has 14 N–H and O–H groups in total. The van der Waals surface area contributed by atoms with Gasteiger partial charge in [-0.05, 0) is 6.92 Å². The van der Waals surface area contributed by atoms with E-state index in [0.29, 0.717) is 0 Å². The van der Waals surface area contributed by atoms with Gasteiger partial charge in [-0.15, -0.1) is 0 Å². The van der Waals surface area contributed by atoms with Crippen LogP contribution >= 0.6 is 0 Å². The average Bonchev–Trinajstić information content (AvgIpc) is 3.20. The zero-order valence-electron chi connectivity index (χ0n) is 32.7. The van der Waals surface area contributed by atoms with Crippen LogP contribution in [-0.2, 0) is 61.8 Å². The molecule has 7 aliphatic heterocycles. The average molecular weight is 891 g/mol. The van der Waals surface area contributed by atoms with Gasteiger partial charge in [-0.1, -0.05) is 0 Å². The summed E-state index contributed by atoms with van der Waals surface area (Å²) in [6.45, 7) is 0.437. The molecule has 27 nitrogen and oxygen atoms in total. The van der Waals surface area contributed by atoms with Crippen LogP contribution in [0.3, 0.4) is 0 Å². The molecule has 350 valence electrons. The molecule has 0 radical (unpaired) electrons. The molecule has 0 aromatic carbocycles. The van der Waals surface area contributed by atoms with E-state index in [0.717, 1.165) is 13.8 Å². The molecule has 0 unspecified atom stereocenters. The van der Waals surface area contributed by atoms with Crippen molar-refractivity contribution in [1.29, 1.82) is 0 Å². The van der Waals surface area contributed by atoms with Crippen LogP contribution in [0.1, 0.15) is 20.8 Å². The van der Waals surface area contributed by atoms with E-state index in [-0.39, 0.29) is 0 Å². The fourth-order valence-electron chi connectivity index (χ4n) is 8.14. The Morgan fingerprint density at radius 1 is 0.492 bits per heavy atom. The Kier molecular flexibility index (Phi) is 15.6. The summed E-state index contributed by atoms with van der Waals surface area (Å²) < 4.78 is 58.9. The second kappa shape index (κ2) is 19.8. The first-order chi connectivity index (χ1) is 28.8. The largest absolute Gasteiger partial charge is 0.479 e. The van der Waals surface area contributed by atoms with Crippen molar-refractivity contribution in [3.05, 3.63) is 0 Å². The van der Waals surface area contributed by atoms with Gasteiger partial charge >= 0.3 is 5.97 Å². The highest BCUT2D eigenvalue weighted by atomic mass is 16.8. The molecule has 7 saturated heterocycles. The van der Waals surface area contributed by atoms with Gasteiger partial charge in [-0.25, -0.2) is 4.79 Å². The van der Waals surface area contributed by atoms with E-state index in [4.69, 9.17) is 47.4 Å². The van der Waals surface area contributed by atoms with Crippen molar-refractivity contribution in [3.8, 4) is 0 Å². The van der Waals surface area contributed by atoms with E-state index < -0.39 is 191 Å². The monoisotopic (exact) mass is 890 g/mol. The van der Waals surface area contributed by atoms with Gasteiger partial charge < -0.3 is 119 Å². The highest BCUT2D eigenvalue weighted by Gasteiger charge is 2.60. The van der Waals surface area contributed by atoms with Crippen LogP contribution in [0.2, 0.25) is 0 Å². The second-order valence-corrected chi connectivity index (χ2v) is 15.5. The summed E-state index contributed by atoms with van der Waals surface area (Å²) >= 11 is 0. The van der Waals surface area contributed by atoms with Crippen LogP contribution in [0.15, 0.2) is 0 Å². The Bertz CT molecular complexity index is 1520. The third kappa shape index (κ3) is 9.67. The number of fused-ring (bicyclic) bond motifs is 2. The Balaban J connectivity index is 1.52. The SMILES string of the molecule is CC(=O)N[C@H]1[C@H]2O[C@@H]3[C@H](O)[C@@H](O)[C@@H](O[C@H]4[C@@H](O)[C@@H](CO)O[C@H](O[C@H]5[C@H](O)[C@@H](CO)O[C@@H](O[C@H]1[C@@H](O[C@H]1O[C@@H](C)[C@H](O)[C@@H](O)[C@H]1O)[C@@H](CO)O2)[C@@H]5NC(C)=O)[C@@H]4O)O[C@@H]3C(=O)O. The number of nitrogens with one attached hydrogen (secondary N) is 2. The summed E-state index contributed by atoms with van der Waals surface area (Å²) in [7, 11) is 0. The van der Waals surface area contributed by atoms with Crippen molar-refractivity contribution in [2.24, 2.45) is 0 Å². The number of carboxylic acids is 1. The van der Waals surface area contributed by atoms with Gasteiger partial charge in [0.2, 0.25) is 11.8 Å². The van der Waals surface area contributed by atoms with Crippen molar-refractivity contribution >= 4 is 17.8 Å². The lowest BCUT2D eigenvalue weighted by Crippen LogP contribution is -2.72. The van der Waals surface area contributed by atoms with E-state index in [1.165, 1.54) is 6.92 Å². The number of aliphatic hydroxyl groups is 11. The predicted molar refractivity (Wildman–Crippen MR) is 186 cm³/mol. The highest BCUT2D eigenvalue weighted by Crippen LogP contribution is 2.38. The van der Waals surface area contributed by atoms with Gasteiger partial charge in [0.15, 0.2) is 37.6 Å². The number of amides is 2. The molecule has 8 bridgehead atoms. The van der Waals surface area contributed by atoms with Crippen molar-refractivity contribution in [2.75, 3.05) is 19.8 Å². The fraction of sp³-hybridized carbons (Fsp3) is 0.912. The topological polar surface area (TPSA) is 410 Å². The molecule has 0 saturated carbocycles. The maximum atomic E-state index is 12.9. The molecule has 25 atom stereocenters. The van der Waals surface area contributed by atoms with Gasteiger partial charge in [0, 0.05) is 13.8 Å². The minimum atomic E-state index is -2.28. The van der Waals surface area contributed by atoms with Crippen LogP contribution in [-0.4, -0.2) is 252 Å². The van der Waals surface area contributed by atoms with Crippen LogP contribution in [0.25, 0.3) is 0 Å². The number of aliphatic hydroxyl groups excluding tert-OH is 11. The third-order valence-electron chi connectivity index (χ3n) is 11.3. The molecule has 0 aromatic heterocycles. The van der Waals surface area contributed by atoms with E-state index in [1.807, 2.05) is 0 Å². The number of carboxylic acid groups (broad SMARTS) is 1. The van der Waals surface area contributed by atoms with Crippen LogP contribution in [0.5, 0.6) is 0 Å². The summed E-state index contributed by atoms with van der Waals surface area (Å²) in [5, 5.41) is 135. The van der Waals surface area contributed by atoms with Gasteiger partial charge in [-0.3, -0.25) is 9.59 Å². The second-order valence-electron chi connectivity index (χ2n) is 15.5. The molecule has 0 aliphatic carbocycles. The number of aliphatic carboxylic acids is 1. The molecule has 7 heterocycles. The number of hydrogen-bond donors (Lipinski definition) is 14. The first kappa shape index (κ1) is 48.0. The first-order valence-corrected chi connectivity index (χ1v) is 19.4. The highest BCUT2D eigenvalue weighted by molar-refractivity contribution is 5.74. The third-order valence-corrected chi connectivity index (χ3v) is 11.3. The van der Waals surface area contributed by atoms with Crippen molar-refractivity contribution in [2.45, 2.75) is 174 Å². The zero-order chi connectivity index (χ0) is 44.8. The van der Waals surface area contributed by atoms with Gasteiger partial charge in [0.1, 0.15) is 110 Å². The Labute approximate surface area is 345 Å². The number of hydrogen-bond acceptors (Lipinski definition) is 24. The van der Waals surface area contributed by atoms with E-state index >= 15 is 0 Å². The standard InChI is InChI=1S/C34H54N2O25/c1-7-15(42)18(45)20(47)32(52-7)56-23-12(6-39)55-31-14(36-9(3)41)25(23)58-30-13(35-8(2)40)24(16(43)10(4-37)53-30)57-34-22(49)26(17(44)11(5-38)54-34)59-33-21(48)19(46)27(60-31)28(61-33)29(50)51/h7,10-28,30-34,37-39,42-49H,4-6H2,1-3H3,(H,35,40)(H,36,41)(H,50,51)/t7-,10+,11+,12+,13+,14+,15-,16+,17-,18+,19+,20+,21+,22+,23-,24+,25+,26-,27+,28-,30-,31+,32+,33-,34+/m0/s1. The van der Waals surface area contributed by atoms with Gasteiger partial charge in [0.05, 0.1) is 25.9 Å². The smallest absolute Gasteiger partial charge is 0.335 e. The van der Waals surface area contributed by atoms with Crippen molar-refractivity contribution in [1.82, 2.24) is 10.6 Å². The Morgan fingerprint density at radius 3 is 1.52 bits per heavy atom. The van der Waals surface area contributed by atoms with Crippen LogP contribution < -0.4 is 10.6 Å². The summed E-state index contributed by atoms with van der Waals surface area (Å²) in [5.74, 6) is -3.49. The predicted octanol–water partition coefficient (Wildman–Crippen LogP) is -9.47. The minimum Gasteiger partial charge on any atom is -0.479 e. The van der Waals surface area contributed by atoms with E-state index in [2.05, 4.69) is 10.6 Å². The molecule has 7 fully saturated rings.